The first-order chi connectivity index (χ1) is 16.7. The van der Waals surface area contributed by atoms with Crippen LogP contribution in [0.3, 0.4) is 0 Å². The Morgan fingerprint density at radius 2 is 1.97 bits per heavy atom. The second kappa shape index (κ2) is 10.4. The van der Waals surface area contributed by atoms with Crippen molar-refractivity contribution >= 4 is 19.6 Å². The SMILES string of the molecule is CCN(c1ccc(C#N)c(C(F)(F)F)c1)C1CC=C(c2cncn2CC(C)O[Si](C)(C)C(C)(C)C)C1. The molecule has 0 spiro atoms. The maximum atomic E-state index is 13.5. The third kappa shape index (κ3) is 6.04. The number of hydrogen-bond donors (Lipinski definition) is 0. The summed E-state index contributed by atoms with van der Waals surface area (Å²) >= 11 is 0. The normalized spacial score (nSPS) is 17.6. The lowest BCUT2D eigenvalue weighted by atomic mass is 10.0. The highest BCUT2D eigenvalue weighted by atomic mass is 28.4. The predicted molar refractivity (Wildman–Crippen MR) is 140 cm³/mol. The minimum absolute atomic E-state index is 0.0308. The van der Waals surface area contributed by atoms with E-state index in [1.165, 1.54) is 6.07 Å². The summed E-state index contributed by atoms with van der Waals surface area (Å²) in [6.07, 6.45) is 2.73. The zero-order chi connectivity index (χ0) is 26.9. The molecule has 2 aromatic rings. The van der Waals surface area contributed by atoms with Gasteiger partial charge in [-0.2, -0.15) is 18.4 Å². The molecule has 0 saturated carbocycles. The molecule has 1 aliphatic rings. The van der Waals surface area contributed by atoms with Gasteiger partial charge < -0.3 is 13.9 Å². The molecule has 1 heterocycles. The number of halogens is 3. The van der Waals surface area contributed by atoms with Crippen molar-refractivity contribution in [3.05, 3.63) is 53.6 Å². The third-order valence-corrected chi connectivity index (χ3v) is 12.0. The summed E-state index contributed by atoms with van der Waals surface area (Å²) in [5.74, 6) is 0. The number of benzene rings is 1. The van der Waals surface area contributed by atoms with E-state index >= 15 is 0 Å². The van der Waals surface area contributed by atoms with Gasteiger partial charge in [0.05, 0.1) is 41.5 Å². The van der Waals surface area contributed by atoms with Crippen LogP contribution in [0.2, 0.25) is 18.1 Å². The summed E-state index contributed by atoms with van der Waals surface area (Å²) in [6.45, 7) is 16.4. The Morgan fingerprint density at radius 1 is 1.28 bits per heavy atom. The molecule has 9 heteroatoms. The first-order valence-electron chi connectivity index (χ1n) is 12.4. The average Bonchev–Trinajstić information content (AvgIpc) is 3.42. The fourth-order valence-corrected chi connectivity index (χ4v) is 6.00. The molecule has 3 rings (SSSR count). The summed E-state index contributed by atoms with van der Waals surface area (Å²) in [5, 5.41) is 9.25. The fourth-order valence-electron chi connectivity index (χ4n) is 4.57. The van der Waals surface area contributed by atoms with Crippen molar-refractivity contribution in [1.82, 2.24) is 9.55 Å². The lowest BCUT2D eigenvalue weighted by Crippen LogP contribution is -2.44. The topological polar surface area (TPSA) is 54.1 Å². The van der Waals surface area contributed by atoms with Crippen LogP contribution < -0.4 is 4.90 Å². The van der Waals surface area contributed by atoms with E-state index in [-0.39, 0.29) is 22.7 Å². The molecule has 1 aromatic heterocycles. The molecule has 2 atom stereocenters. The van der Waals surface area contributed by atoms with Crippen LogP contribution in [0.5, 0.6) is 0 Å². The van der Waals surface area contributed by atoms with Gasteiger partial charge >= 0.3 is 6.18 Å². The van der Waals surface area contributed by atoms with Crippen LogP contribution in [-0.4, -0.2) is 36.6 Å². The highest BCUT2D eigenvalue weighted by Crippen LogP contribution is 2.39. The molecule has 196 valence electrons. The zero-order valence-electron chi connectivity index (χ0n) is 22.3. The Balaban J connectivity index is 1.75. The van der Waals surface area contributed by atoms with Crippen LogP contribution in [0.4, 0.5) is 18.9 Å². The second-order valence-corrected chi connectivity index (χ2v) is 15.8. The van der Waals surface area contributed by atoms with Gasteiger partial charge in [0.2, 0.25) is 0 Å². The summed E-state index contributed by atoms with van der Waals surface area (Å²) in [4.78, 5) is 6.37. The largest absolute Gasteiger partial charge is 0.417 e. The van der Waals surface area contributed by atoms with Crippen LogP contribution in [0.25, 0.3) is 5.57 Å². The van der Waals surface area contributed by atoms with Crippen molar-refractivity contribution in [2.24, 2.45) is 0 Å². The molecule has 36 heavy (non-hydrogen) atoms. The van der Waals surface area contributed by atoms with E-state index in [0.717, 1.165) is 23.8 Å². The van der Waals surface area contributed by atoms with Gasteiger partial charge in [0, 0.05) is 24.8 Å². The number of alkyl halides is 3. The number of imidazole rings is 1. The lowest BCUT2D eigenvalue weighted by molar-refractivity contribution is -0.137. The molecule has 0 N–H and O–H groups in total. The number of hydrogen-bond acceptors (Lipinski definition) is 4. The molecule has 0 saturated heterocycles. The predicted octanol–water partition coefficient (Wildman–Crippen LogP) is 7.26. The van der Waals surface area contributed by atoms with Crippen LogP contribution in [0.1, 0.15) is 64.3 Å². The molecule has 0 amide bonds. The van der Waals surface area contributed by atoms with Gasteiger partial charge in [0.25, 0.3) is 0 Å². The maximum absolute atomic E-state index is 13.5. The fraction of sp³-hybridized carbons (Fsp3) is 0.556. The molecular formula is C27H37F3N4OSi. The van der Waals surface area contributed by atoms with Crippen LogP contribution in [-0.2, 0) is 17.1 Å². The molecule has 0 aliphatic heterocycles. The van der Waals surface area contributed by atoms with Gasteiger partial charge in [0.1, 0.15) is 0 Å². The van der Waals surface area contributed by atoms with E-state index < -0.39 is 20.1 Å². The van der Waals surface area contributed by atoms with Crippen LogP contribution in [0.15, 0.2) is 36.8 Å². The smallest absolute Gasteiger partial charge is 0.412 e. The molecule has 1 aromatic carbocycles. The van der Waals surface area contributed by atoms with Crippen molar-refractivity contribution in [1.29, 1.82) is 5.26 Å². The van der Waals surface area contributed by atoms with E-state index in [0.29, 0.717) is 25.2 Å². The number of nitrogens with zero attached hydrogens (tertiary/aromatic N) is 4. The van der Waals surface area contributed by atoms with Gasteiger partial charge in [-0.1, -0.05) is 26.8 Å². The Bertz CT molecular complexity index is 1140. The van der Waals surface area contributed by atoms with Gasteiger partial charge in [-0.3, -0.25) is 0 Å². The van der Waals surface area contributed by atoms with Gasteiger partial charge in [0.15, 0.2) is 8.32 Å². The Hall–Kier alpha value is -2.57. The first kappa shape index (κ1) is 28.0. The Morgan fingerprint density at radius 3 is 2.56 bits per heavy atom. The Kier molecular flexibility index (Phi) is 8.11. The van der Waals surface area contributed by atoms with Crippen molar-refractivity contribution in [2.45, 2.75) is 90.5 Å². The molecular weight excluding hydrogens is 481 g/mol. The number of aromatic nitrogens is 2. The zero-order valence-corrected chi connectivity index (χ0v) is 23.3. The van der Waals surface area contributed by atoms with Crippen molar-refractivity contribution in [2.75, 3.05) is 11.4 Å². The number of nitriles is 1. The summed E-state index contributed by atoms with van der Waals surface area (Å²) in [7, 11) is -1.90. The highest BCUT2D eigenvalue weighted by molar-refractivity contribution is 6.74. The van der Waals surface area contributed by atoms with Crippen molar-refractivity contribution in [3.63, 3.8) is 0 Å². The number of anilines is 1. The Labute approximate surface area is 213 Å². The molecule has 0 radical (unpaired) electrons. The van der Waals surface area contributed by atoms with Gasteiger partial charge in [-0.25, -0.2) is 4.98 Å². The summed E-state index contributed by atoms with van der Waals surface area (Å²) < 4.78 is 49.2. The standard InChI is InChI=1S/C27H37F3N4OSi/c1-8-34(23-12-10-21(15-31)24(14-23)27(28,29)30)22-11-9-20(13-22)25-16-32-18-33(25)17-19(2)35-36(6,7)26(3,4)5/h9-10,12,14,16,18-19,22H,8,11,13,17H2,1-7H3. The van der Waals surface area contributed by atoms with Crippen molar-refractivity contribution in [3.8, 4) is 6.07 Å². The molecule has 0 fully saturated rings. The lowest BCUT2D eigenvalue weighted by Gasteiger charge is -2.38. The minimum Gasteiger partial charge on any atom is -0.412 e. The van der Waals surface area contributed by atoms with E-state index in [2.05, 4.69) is 56.4 Å². The number of rotatable bonds is 8. The van der Waals surface area contributed by atoms with E-state index in [4.69, 9.17) is 9.69 Å². The van der Waals surface area contributed by atoms with Gasteiger partial charge in [-0.15, -0.1) is 0 Å². The van der Waals surface area contributed by atoms with E-state index in [1.807, 2.05) is 24.3 Å². The molecule has 5 nitrogen and oxygen atoms in total. The second-order valence-electron chi connectivity index (χ2n) is 11.1. The average molecular weight is 519 g/mol. The van der Waals surface area contributed by atoms with Gasteiger partial charge in [-0.05, 0) is 68.6 Å². The third-order valence-electron chi connectivity index (χ3n) is 7.43. The molecule has 2 unspecified atom stereocenters. The molecule has 0 bridgehead atoms. The summed E-state index contributed by atoms with van der Waals surface area (Å²) in [6, 6.07) is 5.67. The maximum Gasteiger partial charge on any atom is 0.417 e. The van der Waals surface area contributed by atoms with E-state index in [9.17, 15) is 13.2 Å². The minimum atomic E-state index is -4.57. The highest BCUT2D eigenvalue weighted by Gasteiger charge is 2.39. The van der Waals surface area contributed by atoms with Crippen LogP contribution >= 0.6 is 0 Å². The van der Waals surface area contributed by atoms with E-state index in [1.54, 1.807) is 12.1 Å². The summed E-state index contributed by atoms with van der Waals surface area (Å²) in [5.41, 5.74) is 1.40. The van der Waals surface area contributed by atoms with Crippen LogP contribution in [0, 0.1) is 11.3 Å². The quantitative estimate of drug-likeness (QED) is 0.345. The molecule has 1 aliphatic carbocycles. The monoisotopic (exact) mass is 518 g/mol. The van der Waals surface area contributed by atoms with Crippen molar-refractivity contribution < 1.29 is 17.6 Å². The first-order valence-corrected chi connectivity index (χ1v) is 15.3.